The maximum atomic E-state index is 12.8. The van der Waals surface area contributed by atoms with Crippen LogP contribution in [0.3, 0.4) is 0 Å². The molecule has 3 heterocycles. The van der Waals surface area contributed by atoms with E-state index >= 15 is 0 Å². The van der Waals surface area contributed by atoms with Crippen molar-refractivity contribution in [2.45, 2.75) is 13.8 Å². The maximum absolute atomic E-state index is 12.8. The number of aliphatic imine (C=N–C) groups is 1. The Morgan fingerprint density at radius 1 is 1.00 bits per heavy atom. The van der Waals surface area contributed by atoms with E-state index in [1.165, 1.54) is 0 Å². The Morgan fingerprint density at radius 3 is 2.57 bits per heavy atom. The van der Waals surface area contributed by atoms with Crippen LogP contribution in [0.5, 0.6) is 11.5 Å². The Bertz CT molecular complexity index is 1310. The molecule has 1 aromatic heterocycles. The summed E-state index contributed by atoms with van der Waals surface area (Å²) in [6.07, 6.45) is 1.75. The fraction of sp³-hybridized carbons (Fsp3) is 0.296. The minimum absolute atomic E-state index is 0.221. The number of para-hydroxylation sites is 1. The molecule has 0 spiro atoms. The third-order valence-electron chi connectivity index (χ3n) is 5.75. The van der Waals surface area contributed by atoms with Crippen LogP contribution >= 0.6 is 0 Å². The number of esters is 1. The molecule has 2 aromatic carbocycles. The van der Waals surface area contributed by atoms with E-state index in [0.29, 0.717) is 43.5 Å². The fourth-order valence-corrected chi connectivity index (χ4v) is 4.12. The van der Waals surface area contributed by atoms with E-state index in [1.54, 1.807) is 24.3 Å². The van der Waals surface area contributed by atoms with Gasteiger partial charge in [0.2, 0.25) is 5.90 Å². The molecule has 0 atom stereocenters. The van der Waals surface area contributed by atoms with Crippen LogP contribution in [0.2, 0.25) is 0 Å². The van der Waals surface area contributed by atoms with Crippen molar-refractivity contribution >= 4 is 34.7 Å². The quantitative estimate of drug-likeness (QED) is 0.375. The molecule has 0 saturated carbocycles. The molecule has 5 rings (SSSR count). The summed E-state index contributed by atoms with van der Waals surface area (Å²) in [6.45, 7) is 7.55. The van der Waals surface area contributed by atoms with E-state index in [0.717, 1.165) is 35.4 Å². The molecule has 8 heteroatoms. The highest BCUT2D eigenvalue weighted by Gasteiger charge is 2.26. The summed E-state index contributed by atoms with van der Waals surface area (Å²) >= 11 is 0. The molecule has 2 aliphatic heterocycles. The number of benzene rings is 2. The van der Waals surface area contributed by atoms with Crippen molar-refractivity contribution in [1.82, 2.24) is 4.98 Å². The van der Waals surface area contributed by atoms with Gasteiger partial charge in [-0.15, -0.1) is 0 Å². The maximum Gasteiger partial charge on any atom is 0.363 e. The number of cyclic esters (lactones) is 1. The molecule has 0 amide bonds. The second kappa shape index (κ2) is 10.1. The number of rotatable bonds is 7. The number of morpholine rings is 1. The molecule has 0 unspecified atom stereocenters. The van der Waals surface area contributed by atoms with E-state index < -0.39 is 5.97 Å². The minimum atomic E-state index is -0.507. The summed E-state index contributed by atoms with van der Waals surface area (Å²) in [5.41, 5.74) is 2.56. The number of carbonyl (C=O) groups excluding carboxylic acids is 1. The average molecular weight is 474 g/mol. The van der Waals surface area contributed by atoms with Crippen molar-refractivity contribution < 1.29 is 23.7 Å². The molecule has 35 heavy (non-hydrogen) atoms. The second-order valence-corrected chi connectivity index (χ2v) is 8.06. The number of fused-ring (bicyclic) bond motifs is 1. The number of pyridine rings is 1. The van der Waals surface area contributed by atoms with Gasteiger partial charge in [0.1, 0.15) is 5.82 Å². The van der Waals surface area contributed by atoms with Gasteiger partial charge in [-0.2, -0.15) is 0 Å². The van der Waals surface area contributed by atoms with Crippen LogP contribution in [0.1, 0.15) is 25.0 Å². The topological polar surface area (TPSA) is 82.5 Å². The van der Waals surface area contributed by atoms with Crippen LogP contribution in [0, 0.1) is 0 Å². The average Bonchev–Trinajstić information content (AvgIpc) is 3.25. The lowest BCUT2D eigenvalue weighted by Crippen LogP contribution is -2.37. The smallest absolute Gasteiger partial charge is 0.363 e. The number of ether oxygens (including phenoxy) is 4. The van der Waals surface area contributed by atoms with Gasteiger partial charge in [0.15, 0.2) is 17.2 Å². The van der Waals surface area contributed by atoms with E-state index in [2.05, 4.69) is 9.89 Å². The van der Waals surface area contributed by atoms with Crippen LogP contribution in [-0.4, -0.2) is 56.4 Å². The SMILES string of the molecule is CCOc1ccc(C2=N/C(=C\c3cc4ccccc4nc3N3CCOCC3)C(=O)O2)cc1OCC. The molecule has 180 valence electrons. The van der Waals surface area contributed by atoms with Crippen molar-refractivity contribution in [2.24, 2.45) is 4.99 Å². The summed E-state index contributed by atoms with van der Waals surface area (Å²) in [6, 6.07) is 15.3. The zero-order chi connectivity index (χ0) is 24.2. The lowest BCUT2D eigenvalue weighted by atomic mass is 10.1. The van der Waals surface area contributed by atoms with Crippen LogP contribution in [0.25, 0.3) is 17.0 Å². The zero-order valence-corrected chi connectivity index (χ0v) is 19.8. The fourth-order valence-electron chi connectivity index (χ4n) is 4.12. The number of anilines is 1. The first-order valence-electron chi connectivity index (χ1n) is 11.8. The van der Waals surface area contributed by atoms with Crippen molar-refractivity contribution in [2.75, 3.05) is 44.4 Å². The highest BCUT2D eigenvalue weighted by Crippen LogP contribution is 2.32. The van der Waals surface area contributed by atoms with Crippen LogP contribution < -0.4 is 14.4 Å². The predicted molar refractivity (Wildman–Crippen MR) is 134 cm³/mol. The predicted octanol–water partition coefficient (Wildman–Crippen LogP) is 4.21. The summed E-state index contributed by atoms with van der Waals surface area (Å²) in [5.74, 6) is 1.74. The normalized spacial score (nSPS) is 17.0. The van der Waals surface area contributed by atoms with Crippen LogP contribution in [0.4, 0.5) is 5.82 Å². The molecule has 8 nitrogen and oxygen atoms in total. The van der Waals surface area contributed by atoms with Crippen LogP contribution in [-0.2, 0) is 14.3 Å². The minimum Gasteiger partial charge on any atom is -0.490 e. The molecule has 2 aliphatic rings. The van der Waals surface area contributed by atoms with Gasteiger partial charge in [-0.3, -0.25) is 0 Å². The third-order valence-corrected chi connectivity index (χ3v) is 5.75. The number of hydrogen-bond donors (Lipinski definition) is 0. The lowest BCUT2D eigenvalue weighted by molar-refractivity contribution is -0.129. The van der Waals surface area contributed by atoms with Crippen molar-refractivity contribution in [1.29, 1.82) is 0 Å². The first-order chi connectivity index (χ1) is 17.2. The molecule has 0 N–H and O–H groups in total. The first kappa shape index (κ1) is 22.9. The van der Waals surface area contributed by atoms with Gasteiger partial charge in [0.05, 0.1) is 31.9 Å². The van der Waals surface area contributed by atoms with Gasteiger partial charge in [-0.1, -0.05) is 18.2 Å². The summed E-state index contributed by atoms with van der Waals surface area (Å²) in [5, 5.41) is 0.986. The van der Waals surface area contributed by atoms with Crippen molar-refractivity contribution in [3.63, 3.8) is 0 Å². The largest absolute Gasteiger partial charge is 0.490 e. The van der Waals surface area contributed by atoms with Crippen LogP contribution in [0.15, 0.2) is 59.2 Å². The van der Waals surface area contributed by atoms with Gasteiger partial charge >= 0.3 is 5.97 Å². The van der Waals surface area contributed by atoms with Gasteiger partial charge in [-0.05, 0) is 50.3 Å². The van der Waals surface area contributed by atoms with E-state index in [-0.39, 0.29) is 11.6 Å². The Kier molecular flexibility index (Phi) is 6.63. The first-order valence-corrected chi connectivity index (χ1v) is 11.8. The standard InChI is InChI=1S/C27H27N3O5/c1-3-33-23-10-9-19(17-24(23)34-4-2)26-29-22(27(31)35-26)16-20-15-18-7-5-6-8-21(18)28-25(20)30-11-13-32-14-12-30/h5-10,15-17H,3-4,11-14H2,1-2H3/b22-16-. The Labute approximate surface area is 203 Å². The van der Waals surface area contributed by atoms with Crippen molar-refractivity contribution in [3.05, 3.63) is 65.4 Å². The third kappa shape index (κ3) is 4.83. The molecule has 3 aromatic rings. The lowest BCUT2D eigenvalue weighted by Gasteiger charge is -2.29. The van der Waals surface area contributed by atoms with Gasteiger partial charge in [0.25, 0.3) is 0 Å². The molecule has 0 aliphatic carbocycles. The Morgan fingerprint density at radius 2 is 1.77 bits per heavy atom. The molecule has 0 radical (unpaired) electrons. The number of aromatic nitrogens is 1. The van der Waals surface area contributed by atoms with E-state index in [4.69, 9.17) is 23.9 Å². The highest BCUT2D eigenvalue weighted by molar-refractivity contribution is 6.13. The van der Waals surface area contributed by atoms with E-state index in [1.807, 2.05) is 44.2 Å². The zero-order valence-electron chi connectivity index (χ0n) is 19.8. The number of carbonyl (C=O) groups is 1. The Balaban J connectivity index is 1.53. The van der Waals surface area contributed by atoms with Crippen molar-refractivity contribution in [3.8, 4) is 11.5 Å². The van der Waals surface area contributed by atoms with Gasteiger partial charge in [-0.25, -0.2) is 14.8 Å². The van der Waals surface area contributed by atoms with Gasteiger partial charge < -0.3 is 23.8 Å². The number of nitrogens with zero attached hydrogens (tertiary/aromatic N) is 3. The second-order valence-electron chi connectivity index (χ2n) is 8.06. The molecule has 1 fully saturated rings. The summed E-state index contributed by atoms with van der Waals surface area (Å²) in [4.78, 5) is 24.4. The monoisotopic (exact) mass is 473 g/mol. The Hall–Kier alpha value is -3.91. The van der Waals surface area contributed by atoms with E-state index in [9.17, 15) is 4.79 Å². The highest BCUT2D eigenvalue weighted by atomic mass is 16.6. The molecular formula is C27H27N3O5. The molecular weight excluding hydrogens is 446 g/mol. The summed E-state index contributed by atoms with van der Waals surface area (Å²) in [7, 11) is 0. The summed E-state index contributed by atoms with van der Waals surface area (Å²) < 4.78 is 22.4. The molecule has 1 saturated heterocycles. The number of hydrogen-bond acceptors (Lipinski definition) is 8. The molecule has 0 bridgehead atoms. The van der Waals surface area contributed by atoms with Gasteiger partial charge in [0, 0.05) is 29.6 Å².